The van der Waals surface area contributed by atoms with E-state index < -0.39 is 80.4 Å². The zero-order valence-corrected chi connectivity index (χ0v) is 14.4. The lowest BCUT2D eigenvalue weighted by Crippen LogP contribution is -2.64. The Balaban J connectivity index is 1.76. The molecule has 11 nitrogen and oxygen atoms in total. The Morgan fingerprint density at radius 3 is 2.04 bits per heavy atom. The van der Waals surface area contributed by atoms with E-state index in [0.717, 1.165) is 0 Å². The predicted molar refractivity (Wildman–Crippen MR) is 80.4 cm³/mol. The van der Waals surface area contributed by atoms with E-state index in [2.05, 4.69) is 0 Å². The maximum absolute atomic E-state index is 10.5. The Hall–Kier alpha value is -0.440. The van der Waals surface area contributed by atoms with Gasteiger partial charge in [0.05, 0.1) is 13.2 Å². The van der Waals surface area contributed by atoms with Crippen LogP contribution < -0.4 is 0 Å². The standard InChI is InChI=1S/C15H26O11/c1-15(2)25-11-6(4-17)23-14(9(20)12(11)26-15)24-10-5(3-16)22-13(21)8(19)7(10)18/h5-14,16-21H,3-4H2,1-2H3/t5?,6?,7?,8?,9?,10-,11+,12?,13-,14+/m1/s1. The van der Waals surface area contributed by atoms with Crippen LogP contribution >= 0.6 is 0 Å². The normalized spacial score (nSPS) is 51.2. The summed E-state index contributed by atoms with van der Waals surface area (Å²) in [7, 11) is 0. The minimum Gasteiger partial charge on any atom is -0.394 e. The maximum atomic E-state index is 10.5. The Kier molecular flexibility index (Phi) is 5.88. The van der Waals surface area contributed by atoms with Crippen LogP contribution in [0.15, 0.2) is 0 Å². The monoisotopic (exact) mass is 382 g/mol. The van der Waals surface area contributed by atoms with E-state index in [1.54, 1.807) is 13.8 Å². The van der Waals surface area contributed by atoms with Crippen LogP contribution in [0.1, 0.15) is 13.8 Å². The number of rotatable bonds is 4. The first-order valence-electron chi connectivity index (χ1n) is 8.44. The lowest BCUT2D eigenvalue weighted by atomic mass is 9.97. The third kappa shape index (κ3) is 3.62. The molecule has 3 heterocycles. The van der Waals surface area contributed by atoms with Crippen molar-refractivity contribution in [2.45, 2.75) is 81.0 Å². The molecule has 0 amide bonds. The molecular weight excluding hydrogens is 356 g/mol. The number of hydrogen-bond donors (Lipinski definition) is 6. The quantitative estimate of drug-likeness (QED) is 0.284. The number of aliphatic hydroxyl groups is 6. The molecule has 11 heteroatoms. The van der Waals surface area contributed by atoms with Gasteiger partial charge in [-0.15, -0.1) is 0 Å². The summed E-state index contributed by atoms with van der Waals surface area (Å²) in [5.74, 6) is -0.997. The number of hydrogen-bond acceptors (Lipinski definition) is 11. The molecule has 0 aliphatic carbocycles. The first-order chi connectivity index (χ1) is 12.2. The van der Waals surface area contributed by atoms with Gasteiger partial charge in [-0.2, -0.15) is 0 Å². The fraction of sp³-hybridized carbons (Fsp3) is 1.00. The average molecular weight is 382 g/mol. The topological polar surface area (TPSA) is 168 Å². The second-order valence-corrected chi connectivity index (χ2v) is 7.11. The van der Waals surface area contributed by atoms with Crippen molar-refractivity contribution in [3.63, 3.8) is 0 Å². The first-order valence-corrected chi connectivity index (χ1v) is 8.44. The van der Waals surface area contributed by atoms with Crippen molar-refractivity contribution >= 4 is 0 Å². The smallest absolute Gasteiger partial charge is 0.187 e. The Bertz CT molecular complexity index is 486. The van der Waals surface area contributed by atoms with Crippen LogP contribution in [0.5, 0.6) is 0 Å². The van der Waals surface area contributed by atoms with E-state index in [1.807, 2.05) is 0 Å². The zero-order valence-electron chi connectivity index (χ0n) is 14.4. The summed E-state index contributed by atoms with van der Waals surface area (Å²) in [4.78, 5) is 0. The minimum atomic E-state index is -1.69. The van der Waals surface area contributed by atoms with E-state index in [1.165, 1.54) is 0 Å². The van der Waals surface area contributed by atoms with Gasteiger partial charge < -0.3 is 54.3 Å². The van der Waals surface area contributed by atoms with E-state index >= 15 is 0 Å². The molecule has 3 saturated heterocycles. The van der Waals surface area contributed by atoms with Crippen LogP contribution in [0.4, 0.5) is 0 Å². The van der Waals surface area contributed by atoms with Gasteiger partial charge in [0.25, 0.3) is 0 Å². The number of fused-ring (bicyclic) bond motifs is 1. The van der Waals surface area contributed by atoms with Crippen molar-refractivity contribution in [1.29, 1.82) is 0 Å². The van der Waals surface area contributed by atoms with Crippen LogP contribution in [0.2, 0.25) is 0 Å². The SMILES string of the molecule is CC1(C)OC2C(O)[C@H](O[C@@H]3C(CO)O[C@@H](O)C(O)C3O)OC(CO)[C@@H]2O1. The Labute approximate surface area is 149 Å². The first kappa shape index (κ1) is 20.3. The van der Waals surface area contributed by atoms with Gasteiger partial charge in [0.2, 0.25) is 0 Å². The van der Waals surface area contributed by atoms with Crippen LogP contribution in [0.3, 0.4) is 0 Å². The van der Waals surface area contributed by atoms with Gasteiger partial charge in [0, 0.05) is 0 Å². The molecule has 0 aromatic carbocycles. The largest absolute Gasteiger partial charge is 0.394 e. The highest BCUT2D eigenvalue weighted by molar-refractivity contribution is 4.98. The van der Waals surface area contributed by atoms with Crippen LogP contribution in [0.25, 0.3) is 0 Å². The fourth-order valence-corrected chi connectivity index (χ4v) is 3.50. The average Bonchev–Trinajstić information content (AvgIpc) is 2.93. The number of ether oxygens (including phenoxy) is 5. The minimum absolute atomic E-state index is 0.429. The van der Waals surface area contributed by atoms with Crippen molar-refractivity contribution in [2.24, 2.45) is 0 Å². The van der Waals surface area contributed by atoms with Gasteiger partial charge in [0.1, 0.15) is 48.8 Å². The lowest BCUT2D eigenvalue weighted by molar-refractivity contribution is -0.348. The summed E-state index contributed by atoms with van der Waals surface area (Å²) in [5, 5.41) is 59.0. The Morgan fingerprint density at radius 2 is 1.42 bits per heavy atom. The highest BCUT2D eigenvalue weighted by atomic mass is 16.8. The number of aliphatic hydroxyl groups excluding tert-OH is 6. The van der Waals surface area contributed by atoms with Gasteiger partial charge in [0.15, 0.2) is 18.4 Å². The molecule has 3 aliphatic heterocycles. The maximum Gasteiger partial charge on any atom is 0.187 e. The second kappa shape index (κ2) is 7.53. The van der Waals surface area contributed by atoms with Gasteiger partial charge in [-0.25, -0.2) is 0 Å². The van der Waals surface area contributed by atoms with E-state index in [4.69, 9.17) is 23.7 Å². The third-order valence-corrected chi connectivity index (χ3v) is 4.76. The van der Waals surface area contributed by atoms with Gasteiger partial charge in [-0.1, -0.05) is 0 Å². The summed E-state index contributed by atoms with van der Waals surface area (Å²) in [6.07, 6.45) is -12.6. The highest BCUT2D eigenvalue weighted by Crippen LogP contribution is 2.38. The van der Waals surface area contributed by atoms with Gasteiger partial charge >= 0.3 is 0 Å². The summed E-state index contributed by atoms with van der Waals surface area (Å²) in [5.41, 5.74) is 0. The molecule has 10 atom stereocenters. The molecule has 0 radical (unpaired) electrons. The molecule has 0 saturated carbocycles. The van der Waals surface area contributed by atoms with Gasteiger partial charge in [-0.05, 0) is 13.8 Å². The van der Waals surface area contributed by atoms with Crippen molar-refractivity contribution in [3.05, 3.63) is 0 Å². The molecular formula is C15H26O11. The molecule has 6 unspecified atom stereocenters. The molecule has 6 N–H and O–H groups in total. The van der Waals surface area contributed by atoms with E-state index in [-0.39, 0.29) is 0 Å². The lowest BCUT2D eigenvalue weighted by Gasteiger charge is -2.45. The van der Waals surface area contributed by atoms with Gasteiger partial charge in [-0.3, -0.25) is 0 Å². The molecule has 0 spiro atoms. The molecule has 0 bridgehead atoms. The van der Waals surface area contributed by atoms with Crippen molar-refractivity contribution in [1.82, 2.24) is 0 Å². The molecule has 26 heavy (non-hydrogen) atoms. The molecule has 0 aromatic heterocycles. The van der Waals surface area contributed by atoms with Crippen LogP contribution in [0, 0.1) is 0 Å². The van der Waals surface area contributed by atoms with Crippen LogP contribution in [-0.2, 0) is 23.7 Å². The summed E-state index contributed by atoms with van der Waals surface area (Å²) in [6, 6.07) is 0. The van der Waals surface area contributed by atoms with Crippen molar-refractivity contribution < 1.29 is 54.3 Å². The highest BCUT2D eigenvalue weighted by Gasteiger charge is 2.56. The second-order valence-electron chi connectivity index (χ2n) is 7.11. The molecule has 152 valence electrons. The molecule has 3 fully saturated rings. The fourth-order valence-electron chi connectivity index (χ4n) is 3.50. The van der Waals surface area contributed by atoms with Crippen molar-refractivity contribution in [3.8, 4) is 0 Å². The summed E-state index contributed by atoms with van der Waals surface area (Å²) in [6.45, 7) is 2.26. The predicted octanol–water partition coefficient (Wildman–Crippen LogP) is -3.60. The summed E-state index contributed by atoms with van der Waals surface area (Å²) >= 11 is 0. The zero-order chi connectivity index (χ0) is 19.2. The summed E-state index contributed by atoms with van der Waals surface area (Å²) < 4.78 is 27.4. The van der Waals surface area contributed by atoms with Crippen LogP contribution in [-0.4, -0.2) is 111 Å². The molecule has 3 aliphatic rings. The molecule has 3 rings (SSSR count). The van der Waals surface area contributed by atoms with E-state index in [9.17, 15) is 30.6 Å². The Morgan fingerprint density at radius 1 is 0.808 bits per heavy atom. The third-order valence-electron chi connectivity index (χ3n) is 4.76. The molecule has 0 aromatic rings. The van der Waals surface area contributed by atoms with Crippen molar-refractivity contribution in [2.75, 3.05) is 13.2 Å². The van der Waals surface area contributed by atoms with E-state index in [0.29, 0.717) is 0 Å².